The van der Waals surface area contributed by atoms with Gasteiger partial charge in [-0.05, 0) is 31.4 Å². The number of carbonyl (C=O) groups excluding carboxylic acids is 1. The summed E-state index contributed by atoms with van der Waals surface area (Å²) in [5.74, 6) is -1.00. The highest BCUT2D eigenvalue weighted by Gasteiger charge is 2.10. The molecule has 0 saturated heterocycles. The molecule has 1 aromatic rings. The molecule has 0 radical (unpaired) electrons. The average Bonchev–Trinajstić information content (AvgIpc) is 2.52. The quantitative estimate of drug-likeness (QED) is 0.325. The first kappa shape index (κ1) is 18.4. The molecule has 0 heterocycles. The highest BCUT2D eigenvalue weighted by Crippen LogP contribution is 2.16. The minimum absolute atomic E-state index is 0.0543. The molecular formula is C14H19N3O6. The lowest BCUT2D eigenvalue weighted by Crippen LogP contribution is -2.31. The Morgan fingerprint density at radius 1 is 1.30 bits per heavy atom. The Kier molecular flexibility index (Phi) is 7.48. The number of nitrogens with one attached hydrogen (secondary N) is 1. The third-order valence-electron chi connectivity index (χ3n) is 3.00. The lowest BCUT2D eigenvalue weighted by Gasteiger charge is -2.08. The van der Waals surface area contributed by atoms with Gasteiger partial charge < -0.3 is 20.9 Å². The van der Waals surface area contributed by atoms with Crippen molar-refractivity contribution in [3.63, 3.8) is 0 Å². The Balaban J connectivity index is 2.17. The zero-order valence-electron chi connectivity index (χ0n) is 12.4. The SMILES string of the molecule is N[C@@H](CCCCNC(=O)COc1ccc([N+](=O)[O-])cc1)C(=O)O. The van der Waals surface area contributed by atoms with E-state index in [2.05, 4.69) is 5.32 Å². The molecule has 0 aliphatic heterocycles. The van der Waals surface area contributed by atoms with Crippen LogP contribution in [0, 0.1) is 10.1 Å². The molecule has 0 aliphatic carbocycles. The summed E-state index contributed by atoms with van der Waals surface area (Å²) in [6.45, 7) is 0.196. The van der Waals surface area contributed by atoms with Crippen LogP contribution in [0.4, 0.5) is 5.69 Å². The van der Waals surface area contributed by atoms with Crippen molar-refractivity contribution in [1.29, 1.82) is 0 Å². The number of amides is 1. The van der Waals surface area contributed by atoms with Crippen molar-refractivity contribution in [2.75, 3.05) is 13.2 Å². The zero-order chi connectivity index (χ0) is 17.2. The standard InChI is InChI=1S/C14H19N3O6/c15-12(14(19)20)3-1-2-8-16-13(18)9-23-11-6-4-10(5-7-11)17(21)22/h4-7,12H,1-3,8-9,15H2,(H,16,18)(H,19,20)/t12-/m0/s1. The van der Waals surface area contributed by atoms with Gasteiger partial charge in [0.15, 0.2) is 6.61 Å². The number of carbonyl (C=O) groups is 2. The van der Waals surface area contributed by atoms with Gasteiger partial charge in [-0.25, -0.2) is 0 Å². The molecule has 0 unspecified atom stereocenters. The van der Waals surface area contributed by atoms with Crippen molar-refractivity contribution in [3.05, 3.63) is 34.4 Å². The Bertz CT molecular complexity index is 546. The maximum absolute atomic E-state index is 11.5. The maximum atomic E-state index is 11.5. The predicted molar refractivity (Wildman–Crippen MR) is 81.1 cm³/mol. The average molecular weight is 325 g/mol. The Labute approximate surface area is 132 Å². The molecule has 0 bridgehead atoms. The number of carboxylic acids is 1. The number of nitrogens with zero attached hydrogens (tertiary/aromatic N) is 1. The van der Waals surface area contributed by atoms with Crippen molar-refractivity contribution < 1.29 is 24.4 Å². The summed E-state index contributed by atoms with van der Waals surface area (Å²) < 4.78 is 5.20. The van der Waals surface area contributed by atoms with Crippen LogP contribution in [-0.2, 0) is 9.59 Å². The van der Waals surface area contributed by atoms with E-state index in [4.69, 9.17) is 15.6 Å². The number of carboxylic acid groups (broad SMARTS) is 1. The fourth-order valence-electron chi connectivity index (χ4n) is 1.70. The van der Waals surface area contributed by atoms with Crippen molar-refractivity contribution >= 4 is 17.6 Å². The summed E-state index contributed by atoms with van der Waals surface area (Å²) in [6, 6.07) is 4.53. The smallest absolute Gasteiger partial charge is 0.320 e. The predicted octanol–water partition coefficient (Wildman–Crippen LogP) is 0.672. The van der Waals surface area contributed by atoms with Gasteiger partial charge in [-0.1, -0.05) is 0 Å². The van der Waals surface area contributed by atoms with E-state index >= 15 is 0 Å². The molecule has 126 valence electrons. The van der Waals surface area contributed by atoms with E-state index in [9.17, 15) is 19.7 Å². The third kappa shape index (κ3) is 7.23. The van der Waals surface area contributed by atoms with Gasteiger partial charge in [0.2, 0.25) is 0 Å². The van der Waals surface area contributed by atoms with Gasteiger partial charge in [0.25, 0.3) is 11.6 Å². The summed E-state index contributed by atoms with van der Waals surface area (Å²) in [5.41, 5.74) is 5.30. The van der Waals surface area contributed by atoms with Gasteiger partial charge in [-0.2, -0.15) is 0 Å². The number of nitrogens with two attached hydrogens (primary N) is 1. The first-order valence-corrected chi connectivity index (χ1v) is 7.02. The normalized spacial score (nSPS) is 11.5. The van der Waals surface area contributed by atoms with Gasteiger partial charge in [-0.3, -0.25) is 19.7 Å². The number of rotatable bonds is 10. The lowest BCUT2D eigenvalue weighted by atomic mass is 10.1. The van der Waals surface area contributed by atoms with E-state index in [-0.39, 0.29) is 18.2 Å². The van der Waals surface area contributed by atoms with Crippen LogP contribution in [-0.4, -0.2) is 41.1 Å². The monoisotopic (exact) mass is 325 g/mol. The fraction of sp³-hybridized carbons (Fsp3) is 0.429. The number of benzene rings is 1. The molecule has 9 nitrogen and oxygen atoms in total. The molecule has 1 atom stereocenters. The number of aliphatic carboxylic acids is 1. The molecule has 0 aromatic heterocycles. The van der Waals surface area contributed by atoms with Crippen molar-refractivity contribution in [2.24, 2.45) is 5.73 Å². The van der Waals surface area contributed by atoms with Crippen LogP contribution >= 0.6 is 0 Å². The van der Waals surface area contributed by atoms with Crippen molar-refractivity contribution in [1.82, 2.24) is 5.32 Å². The summed E-state index contributed by atoms with van der Waals surface area (Å²) in [6.07, 6.45) is 1.56. The molecule has 1 aromatic carbocycles. The highest BCUT2D eigenvalue weighted by atomic mass is 16.6. The number of ether oxygens (including phenoxy) is 1. The minimum atomic E-state index is -1.04. The molecule has 1 rings (SSSR count). The molecule has 0 fully saturated rings. The summed E-state index contributed by atoms with van der Waals surface area (Å²) in [7, 11) is 0. The van der Waals surface area contributed by atoms with E-state index in [0.29, 0.717) is 31.6 Å². The van der Waals surface area contributed by atoms with Gasteiger partial charge in [0.05, 0.1) is 4.92 Å². The van der Waals surface area contributed by atoms with Gasteiger partial charge in [-0.15, -0.1) is 0 Å². The van der Waals surface area contributed by atoms with E-state index in [1.165, 1.54) is 24.3 Å². The first-order chi connectivity index (χ1) is 10.9. The van der Waals surface area contributed by atoms with E-state index in [0.717, 1.165) is 0 Å². The van der Waals surface area contributed by atoms with E-state index < -0.39 is 16.9 Å². The van der Waals surface area contributed by atoms with E-state index in [1.54, 1.807) is 0 Å². The summed E-state index contributed by atoms with van der Waals surface area (Å²) >= 11 is 0. The number of hydrogen-bond acceptors (Lipinski definition) is 6. The Morgan fingerprint density at radius 2 is 1.96 bits per heavy atom. The second-order valence-electron chi connectivity index (χ2n) is 4.83. The Hall–Kier alpha value is -2.68. The van der Waals surface area contributed by atoms with Crippen LogP contribution in [0.5, 0.6) is 5.75 Å². The molecular weight excluding hydrogens is 306 g/mol. The Morgan fingerprint density at radius 3 is 2.52 bits per heavy atom. The van der Waals surface area contributed by atoms with Gasteiger partial charge in [0, 0.05) is 18.7 Å². The zero-order valence-corrected chi connectivity index (χ0v) is 12.4. The van der Waals surface area contributed by atoms with Crippen LogP contribution in [0.3, 0.4) is 0 Å². The molecule has 1 amide bonds. The van der Waals surface area contributed by atoms with Crippen molar-refractivity contribution in [2.45, 2.75) is 25.3 Å². The second kappa shape index (κ2) is 9.36. The fourth-order valence-corrected chi connectivity index (χ4v) is 1.70. The second-order valence-corrected chi connectivity index (χ2v) is 4.83. The van der Waals surface area contributed by atoms with Crippen LogP contribution in [0.1, 0.15) is 19.3 Å². The maximum Gasteiger partial charge on any atom is 0.320 e. The number of non-ortho nitro benzene ring substituents is 1. The number of nitro benzene ring substituents is 1. The van der Waals surface area contributed by atoms with Crippen LogP contribution in [0.15, 0.2) is 24.3 Å². The summed E-state index contributed by atoms with van der Waals surface area (Å²) in [5, 5.41) is 21.7. The van der Waals surface area contributed by atoms with Crippen LogP contribution < -0.4 is 15.8 Å². The molecule has 23 heavy (non-hydrogen) atoms. The topological polar surface area (TPSA) is 145 Å². The van der Waals surface area contributed by atoms with E-state index in [1.807, 2.05) is 0 Å². The van der Waals surface area contributed by atoms with Crippen LogP contribution in [0.25, 0.3) is 0 Å². The first-order valence-electron chi connectivity index (χ1n) is 7.02. The third-order valence-corrected chi connectivity index (χ3v) is 3.00. The largest absolute Gasteiger partial charge is 0.484 e. The molecule has 0 aliphatic rings. The molecule has 9 heteroatoms. The van der Waals surface area contributed by atoms with Gasteiger partial charge >= 0.3 is 5.97 Å². The molecule has 4 N–H and O–H groups in total. The minimum Gasteiger partial charge on any atom is -0.484 e. The molecule has 0 saturated carbocycles. The summed E-state index contributed by atoms with van der Waals surface area (Å²) in [4.78, 5) is 32.0. The van der Waals surface area contributed by atoms with Crippen molar-refractivity contribution in [3.8, 4) is 5.75 Å². The van der Waals surface area contributed by atoms with Gasteiger partial charge in [0.1, 0.15) is 11.8 Å². The lowest BCUT2D eigenvalue weighted by molar-refractivity contribution is -0.384. The number of unbranched alkanes of at least 4 members (excludes halogenated alkanes) is 1. The molecule has 0 spiro atoms. The highest BCUT2D eigenvalue weighted by molar-refractivity contribution is 5.77. The number of nitro groups is 1. The van der Waals surface area contributed by atoms with Crippen LogP contribution in [0.2, 0.25) is 0 Å². The number of hydrogen-bond donors (Lipinski definition) is 3.